The maximum atomic E-state index is 5.69. The van der Waals surface area contributed by atoms with Gasteiger partial charge in [-0.25, -0.2) is 4.99 Å². The fourth-order valence-electron chi connectivity index (χ4n) is 2.85. The van der Waals surface area contributed by atoms with Gasteiger partial charge in [0, 0.05) is 26.3 Å². The Hall–Kier alpha value is -1.06. The van der Waals surface area contributed by atoms with E-state index in [0.29, 0.717) is 19.3 Å². The molecular weight excluding hydrogens is 457 g/mol. The van der Waals surface area contributed by atoms with Crippen LogP contribution >= 0.6 is 24.0 Å². The molecule has 0 aromatic heterocycles. The summed E-state index contributed by atoms with van der Waals surface area (Å²) >= 11 is 0. The zero-order valence-electron chi connectivity index (χ0n) is 16.8. The van der Waals surface area contributed by atoms with Gasteiger partial charge in [-0.15, -0.1) is 24.0 Å². The summed E-state index contributed by atoms with van der Waals surface area (Å²) in [5.41, 5.74) is 2.26. The molecule has 1 fully saturated rings. The molecule has 1 atom stereocenters. The summed E-state index contributed by atoms with van der Waals surface area (Å²) in [5.74, 6) is 1.73. The third-order valence-corrected chi connectivity index (χ3v) is 4.32. The van der Waals surface area contributed by atoms with E-state index in [4.69, 9.17) is 14.2 Å². The lowest BCUT2D eigenvalue weighted by atomic mass is 10.1. The van der Waals surface area contributed by atoms with Crippen molar-refractivity contribution in [2.45, 2.75) is 45.8 Å². The van der Waals surface area contributed by atoms with E-state index >= 15 is 0 Å². The molecule has 7 heteroatoms. The molecule has 0 bridgehead atoms. The van der Waals surface area contributed by atoms with Crippen LogP contribution in [-0.2, 0) is 16.0 Å². The molecule has 0 radical (unpaired) electrons. The maximum absolute atomic E-state index is 5.69. The van der Waals surface area contributed by atoms with Crippen molar-refractivity contribution >= 4 is 29.9 Å². The summed E-state index contributed by atoms with van der Waals surface area (Å²) < 4.78 is 16.6. The van der Waals surface area contributed by atoms with Gasteiger partial charge in [-0.2, -0.15) is 0 Å². The number of aryl methyl sites for hydroxylation is 1. The minimum absolute atomic E-state index is 0. The molecule has 27 heavy (non-hydrogen) atoms. The number of aliphatic imine (C=N–C) groups is 1. The van der Waals surface area contributed by atoms with E-state index in [1.165, 1.54) is 0 Å². The third kappa shape index (κ3) is 9.12. The lowest BCUT2D eigenvalue weighted by molar-refractivity contribution is 0.0168. The summed E-state index contributed by atoms with van der Waals surface area (Å²) in [6.45, 7) is 8.71. The summed E-state index contributed by atoms with van der Waals surface area (Å²) in [6, 6.07) is 6.20. The second kappa shape index (κ2) is 14.0. The number of hydrogen-bond acceptors (Lipinski definition) is 4. The van der Waals surface area contributed by atoms with Crippen molar-refractivity contribution in [3.63, 3.8) is 0 Å². The number of hydrogen-bond donors (Lipinski definition) is 2. The second-order valence-electron chi connectivity index (χ2n) is 6.49. The van der Waals surface area contributed by atoms with Crippen LogP contribution in [0.3, 0.4) is 0 Å². The Morgan fingerprint density at radius 1 is 1.33 bits per heavy atom. The first kappa shape index (κ1) is 24.0. The van der Waals surface area contributed by atoms with Crippen molar-refractivity contribution in [1.29, 1.82) is 0 Å². The largest absolute Gasteiger partial charge is 0.496 e. The number of rotatable bonds is 10. The smallest absolute Gasteiger partial charge is 0.191 e. The third-order valence-electron chi connectivity index (χ3n) is 4.32. The molecular formula is C20H34IN3O3. The molecule has 0 aliphatic carbocycles. The highest BCUT2D eigenvalue weighted by molar-refractivity contribution is 14.0. The van der Waals surface area contributed by atoms with Gasteiger partial charge in [-0.3, -0.25) is 0 Å². The van der Waals surface area contributed by atoms with Crippen LogP contribution in [-0.4, -0.2) is 52.1 Å². The molecule has 1 aliphatic heterocycles. The lowest BCUT2D eigenvalue weighted by Gasteiger charge is -2.13. The van der Waals surface area contributed by atoms with Gasteiger partial charge in [0.1, 0.15) is 5.75 Å². The highest BCUT2D eigenvalue weighted by Crippen LogP contribution is 2.19. The highest BCUT2D eigenvalue weighted by atomic mass is 127. The fraction of sp³-hybridized carbons (Fsp3) is 0.650. The highest BCUT2D eigenvalue weighted by Gasteiger charge is 2.14. The molecule has 2 rings (SSSR count). The van der Waals surface area contributed by atoms with E-state index in [-0.39, 0.29) is 24.0 Å². The Morgan fingerprint density at radius 3 is 2.89 bits per heavy atom. The minimum Gasteiger partial charge on any atom is -0.496 e. The maximum Gasteiger partial charge on any atom is 0.191 e. The average Bonchev–Trinajstić information content (AvgIpc) is 3.17. The Balaban J connectivity index is 0.00000364. The number of nitrogens with zero attached hydrogens (tertiary/aromatic N) is 1. The number of benzene rings is 1. The lowest BCUT2D eigenvalue weighted by Crippen LogP contribution is -2.38. The Labute approximate surface area is 180 Å². The normalized spacial score (nSPS) is 16.7. The van der Waals surface area contributed by atoms with Crippen LogP contribution in [0.1, 0.15) is 37.3 Å². The first-order valence-electron chi connectivity index (χ1n) is 9.58. The number of ether oxygens (including phenoxy) is 3. The molecule has 154 valence electrons. The van der Waals surface area contributed by atoms with E-state index in [2.05, 4.69) is 34.7 Å². The molecule has 0 amide bonds. The Bertz CT molecular complexity index is 563. The Kier molecular flexibility index (Phi) is 12.4. The quantitative estimate of drug-likeness (QED) is 0.228. The SMILES string of the molecule is CCNC(=NCc1ccc(C)c(OC)c1)NCCCOCC1CCCO1.I. The van der Waals surface area contributed by atoms with E-state index in [1.807, 2.05) is 13.0 Å². The van der Waals surface area contributed by atoms with Crippen LogP contribution in [0.5, 0.6) is 5.75 Å². The summed E-state index contributed by atoms with van der Waals surface area (Å²) in [5, 5.41) is 6.63. The van der Waals surface area contributed by atoms with Crippen molar-refractivity contribution in [3.8, 4) is 5.75 Å². The minimum atomic E-state index is 0. The van der Waals surface area contributed by atoms with Gasteiger partial charge in [-0.1, -0.05) is 12.1 Å². The molecule has 1 aromatic carbocycles. The standard InChI is InChI=1S/C20H33N3O3.HI/c1-4-21-20(22-10-6-11-25-15-18-7-5-12-26-18)23-14-17-9-8-16(2)19(13-17)24-3;/h8-9,13,18H,4-7,10-12,14-15H2,1-3H3,(H2,21,22,23);1H. The van der Waals surface area contributed by atoms with E-state index in [0.717, 1.165) is 68.4 Å². The van der Waals surface area contributed by atoms with E-state index in [9.17, 15) is 0 Å². The molecule has 0 saturated carbocycles. The Morgan fingerprint density at radius 2 is 2.19 bits per heavy atom. The first-order valence-corrected chi connectivity index (χ1v) is 9.58. The number of methoxy groups -OCH3 is 1. The van der Waals surface area contributed by atoms with Crippen LogP contribution in [0.25, 0.3) is 0 Å². The van der Waals surface area contributed by atoms with Crippen molar-refractivity contribution < 1.29 is 14.2 Å². The molecule has 1 aromatic rings. The molecule has 0 spiro atoms. The van der Waals surface area contributed by atoms with Crippen LogP contribution in [0, 0.1) is 6.92 Å². The van der Waals surface area contributed by atoms with Gasteiger partial charge in [0.2, 0.25) is 0 Å². The van der Waals surface area contributed by atoms with Crippen LogP contribution in [0.2, 0.25) is 0 Å². The van der Waals surface area contributed by atoms with Crippen LogP contribution in [0.4, 0.5) is 0 Å². The van der Waals surface area contributed by atoms with Crippen LogP contribution in [0.15, 0.2) is 23.2 Å². The summed E-state index contributed by atoms with van der Waals surface area (Å²) in [7, 11) is 1.70. The van der Waals surface area contributed by atoms with Gasteiger partial charge in [-0.05, 0) is 50.3 Å². The van der Waals surface area contributed by atoms with Gasteiger partial charge in [0.25, 0.3) is 0 Å². The van der Waals surface area contributed by atoms with Gasteiger partial charge < -0.3 is 24.8 Å². The predicted molar refractivity (Wildman–Crippen MR) is 120 cm³/mol. The topological polar surface area (TPSA) is 64.1 Å². The molecule has 1 aliphatic rings. The molecule has 6 nitrogen and oxygen atoms in total. The van der Waals surface area contributed by atoms with Crippen molar-refractivity contribution in [3.05, 3.63) is 29.3 Å². The molecule has 1 heterocycles. The summed E-state index contributed by atoms with van der Waals surface area (Å²) in [6.07, 6.45) is 3.52. The van der Waals surface area contributed by atoms with Crippen molar-refractivity contribution in [2.75, 3.05) is 40.0 Å². The number of guanidine groups is 1. The monoisotopic (exact) mass is 491 g/mol. The molecule has 1 saturated heterocycles. The van der Waals surface area contributed by atoms with E-state index in [1.54, 1.807) is 7.11 Å². The zero-order valence-corrected chi connectivity index (χ0v) is 19.1. The van der Waals surface area contributed by atoms with Gasteiger partial charge in [0.05, 0.1) is 26.4 Å². The predicted octanol–water partition coefficient (Wildman–Crippen LogP) is 3.26. The molecule has 2 N–H and O–H groups in total. The average molecular weight is 491 g/mol. The summed E-state index contributed by atoms with van der Waals surface area (Å²) in [4.78, 5) is 4.65. The van der Waals surface area contributed by atoms with Crippen molar-refractivity contribution in [2.24, 2.45) is 4.99 Å². The number of halogens is 1. The number of nitrogens with one attached hydrogen (secondary N) is 2. The zero-order chi connectivity index (χ0) is 18.6. The second-order valence-corrected chi connectivity index (χ2v) is 6.49. The van der Waals surface area contributed by atoms with Crippen molar-refractivity contribution in [1.82, 2.24) is 10.6 Å². The van der Waals surface area contributed by atoms with Crippen LogP contribution < -0.4 is 15.4 Å². The van der Waals surface area contributed by atoms with E-state index < -0.39 is 0 Å². The molecule has 1 unspecified atom stereocenters. The fourth-order valence-corrected chi connectivity index (χ4v) is 2.85. The first-order chi connectivity index (χ1) is 12.7. The van der Waals surface area contributed by atoms with Gasteiger partial charge >= 0.3 is 0 Å². The van der Waals surface area contributed by atoms with Gasteiger partial charge in [0.15, 0.2) is 5.96 Å².